The third-order valence-electron chi connectivity index (χ3n) is 2.20. The van der Waals surface area contributed by atoms with Gasteiger partial charge in [-0.25, -0.2) is 13.1 Å². The van der Waals surface area contributed by atoms with Crippen molar-refractivity contribution in [3.8, 4) is 6.07 Å². The van der Waals surface area contributed by atoms with E-state index in [1.54, 1.807) is 12.1 Å². The van der Waals surface area contributed by atoms with Gasteiger partial charge in [-0.05, 0) is 23.6 Å². The topological polar surface area (TPSA) is 70.0 Å². The smallest absolute Gasteiger partial charge is 0.211 e. The highest BCUT2D eigenvalue weighted by molar-refractivity contribution is 7.89. The lowest BCUT2D eigenvalue weighted by molar-refractivity contribution is 0.560. The maximum absolute atomic E-state index is 11.8. The van der Waals surface area contributed by atoms with Gasteiger partial charge < -0.3 is 0 Å². The van der Waals surface area contributed by atoms with Gasteiger partial charge in [0.25, 0.3) is 0 Å². The minimum Gasteiger partial charge on any atom is -0.211 e. The van der Waals surface area contributed by atoms with E-state index < -0.39 is 10.0 Å². The summed E-state index contributed by atoms with van der Waals surface area (Å²) >= 11 is 0. The van der Waals surface area contributed by atoms with Gasteiger partial charge in [-0.1, -0.05) is 26.0 Å². The largest absolute Gasteiger partial charge is 0.240 e. The number of hydrogen-bond donors (Lipinski definition) is 1. The molecule has 0 unspecified atom stereocenters. The lowest BCUT2D eigenvalue weighted by Crippen LogP contribution is -2.27. The molecule has 0 amide bonds. The molecule has 0 spiro atoms. The molecule has 0 heterocycles. The summed E-state index contributed by atoms with van der Waals surface area (Å²) in [5, 5.41) is 8.51. The molecule has 0 fully saturated rings. The third kappa shape index (κ3) is 4.17. The van der Waals surface area contributed by atoms with Crippen LogP contribution < -0.4 is 4.72 Å². The first-order valence-corrected chi connectivity index (χ1v) is 6.89. The Bertz CT molecular complexity index is 498. The number of nitrogens with one attached hydrogen (secondary N) is 1. The maximum atomic E-state index is 11.8. The molecule has 4 nitrogen and oxygen atoms in total. The molecule has 5 heteroatoms. The van der Waals surface area contributed by atoms with Crippen LogP contribution in [0.3, 0.4) is 0 Å². The summed E-state index contributed by atoms with van der Waals surface area (Å²) in [6.07, 6.45) is 0.291. The SMILES string of the molecule is CC(C)CNS(=O)(=O)c1ccc(CC#N)cc1. The molecule has 0 aliphatic rings. The first kappa shape index (κ1) is 13.7. The van der Waals surface area contributed by atoms with Gasteiger partial charge in [-0.15, -0.1) is 0 Å². The van der Waals surface area contributed by atoms with E-state index in [-0.39, 0.29) is 10.8 Å². The van der Waals surface area contributed by atoms with Crippen molar-refractivity contribution in [2.24, 2.45) is 5.92 Å². The normalized spacial score (nSPS) is 11.4. The average molecular weight is 252 g/mol. The monoisotopic (exact) mass is 252 g/mol. The number of hydrogen-bond acceptors (Lipinski definition) is 3. The van der Waals surface area contributed by atoms with Crippen LogP contribution in [0.25, 0.3) is 0 Å². The molecule has 0 radical (unpaired) electrons. The molecule has 1 rings (SSSR count). The maximum Gasteiger partial charge on any atom is 0.240 e. The zero-order valence-electron chi connectivity index (χ0n) is 9.97. The van der Waals surface area contributed by atoms with Crippen molar-refractivity contribution in [2.75, 3.05) is 6.54 Å². The van der Waals surface area contributed by atoms with E-state index >= 15 is 0 Å². The molecule has 0 saturated heterocycles. The Morgan fingerprint density at radius 3 is 2.35 bits per heavy atom. The molecule has 0 saturated carbocycles. The molecule has 1 N–H and O–H groups in total. The van der Waals surface area contributed by atoms with Gasteiger partial charge in [0.05, 0.1) is 17.4 Å². The highest BCUT2D eigenvalue weighted by atomic mass is 32.2. The van der Waals surface area contributed by atoms with Crippen LogP contribution in [0.5, 0.6) is 0 Å². The van der Waals surface area contributed by atoms with Crippen LogP contribution in [0, 0.1) is 17.2 Å². The van der Waals surface area contributed by atoms with E-state index in [2.05, 4.69) is 4.72 Å². The Morgan fingerprint density at radius 1 is 1.29 bits per heavy atom. The second-order valence-electron chi connectivity index (χ2n) is 4.22. The van der Waals surface area contributed by atoms with Crippen molar-refractivity contribution in [2.45, 2.75) is 25.2 Å². The van der Waals surface area contributed by atoms with Gasteiger partial charge in [-0.2, -0.15) is 5.26 Å². The number of nitriles is 1. The van der Waals surface area contributed by atoms with Gasteiger partial charge >= 0.3 is 0 Å². The lowest BCUT2D eigenvalue weighted by Gasteiger charge is -2.08. The highest BCUT2D eigenvalue weighted by Gasteiger charge is 2.13. The molecular formula is C12H16N2O2S. The second-order valence-corrected chi connectivity index (χ2v) is 5.99. The Balaban J connectivity index is 2.82. The molecule has 92 valence electrons. The number of nitrogens with zero attached hydrogens (tertiary/aromatic N) is 1. The van der Waals surface area contributed by atoms with Crippen LogP contribution in [0.1, 0.15) is 19.4 Å². The molecule has 1 aromatic rings. The summed E-state index contributed by atoms with van der Waals surface area (Å²) in [6.45, 7) is 4.30. The van der Waals surface area contributed by atoms with Crippen LogP contribution in [0.15, 0.2) is 29.2 Å². The summed E-state index contributed by atoms with van der Waals surface area (Å²) in [5.41, 5.74) is 0.815. The summed E-state index contributed by atoms with van der Waals surface area (Å²) in [6, 6.07) is 8.38. The van der Waals surface area contributed by atoms with E-state index in [4.69, 9.17) is 5.26 Å². The number of rotatable bonds is 5. The van der Waals surface area contributed by atoms with E-state index in [9.17, 15) is 8.42 Å². The second kappa shape index (κ2) is 5.80. The Labute approximate surface area is 102 Å². The lowest BCUT2D eigenvalue weighted by atomic mass is 10.2. The minimum atomic E-state index is -3.42. The van der Waals surface area contributed by atoms with E-state index in [0.29, 0.717) is 13.0 Å². The van der Waals surface area contributed by atoms with Gasteiger partial charge in [0.15, 0.2) is 0 Å². The minimum absolute atomic E-state index is 0.236. The van der Waals surface area contributed by atoms with E-state index in [0.717, 1.165) is 5.56 Å². The van der Waals surface area contributed by atoms with Gasteiger partial charge in [0, 0.05) is 6.54 Å². The van der Waals surface area contributed by atoms with Gasteiger partial charge in [0.1, 0.15) is 0 Å². The molecular weight excluding hydrogens is 236 g/mol. The molecule has 0 aliphatic heterocycles. The van der Waals surface area contributed by atoms with Crippen molar-refractivity contribution in [1.29, 1.82) is 5.26 Å². The third-order valence-corrected chi connectivity index (χ3v) is 3.64. The fourth-order valence-corrected chi connectivity index (χ4v) is 2.45. The van der Waals surface area contributed by atoms with Crippen LogP contribution in [0.4, 0.5) is 0 Å². The van der Waals surface area contributed by atoms with Crippen molar-refractivity contribution in [1.82, 2.24) is 4.72 Å². The van der Waals surface area contributed by atoms with Crippen LogP contribution in [-0.2, 0) is 16.4 Å². The molecule has 0 aromatic heterocycles. The molecule has 0 aliphatic carbocycles. The van der Waals surface area contributed by atoms with Crippen LogP contribution in [-0.4, -0.2) is 15.0 Å². The first-order valence-electron chi connectivity index (χ1n) is 5.41. The number of sulfonamides is 1. The molecule has 0 bridgehead atoms. The summed E-state index contributed by atoms with van der Waals surface area (Å²) < 4.78 is 26.2. The summed E-state index contributed by atoms with van der Waals surface area (Å²) in [5.74, 6) is 0.266. The van der Waals surface area contributed by atoms with E-state index in [1.807, 2.05) is 19.9 Å². The molecule has 17 heavy (non-hydrogen) atoms. The van der Waals surface area contributed by atoms with E-state index in [1.165, 1.54) is 12.1 Å². The first-order chi connectivity index (χ1) is 7.95. The van der Waals surface area contributed by atoms with Gasteiger partial charge in [0.2, 0.25) is 10.0 Å². The highest BCUT2D eigenvalue weighted by Crippen LogP contribution is 2.11. The van der Waals surface area contributed by atoms with Crippen molar-refractivity contribution in [3.05, 3.63) is 29.8 Å². The Kier molecular flexibility index (Phi) is 4.67. The molecule has 1 aromatic carbocycles. The predicted molar refractivity (Wildman–Crippen MR) is 65.8 cm³/mol. The Morgan fingerprint density at radius 2 is 1.88 bits per heavy atom. The van der Waals surface area contributed by atoms with Crippen LogP contribution >= 0.6 is 0 Å². The van der Waals surface area contributed by atoms with Crippen LogP contribution in [0.2, 0.25) is 0 Å². The zero-order chi connectivity index (χ0) is 12.9. The van der Waals surface area contributed by atoms with Crippen molar-refractivity contribution in [3.63, 3.8) is 0 Å². The van der Waals surface area contributed by atoms with Crippen molar-refractivity contribution >= 4 is 10.0 Å². The fourth-order valence-electron chi connectivity index (χ4n) is 1.24. The van der Waals surface area contributed by atoms with Crippen molar-refractivity contribution < 1.29 is 8.42 Å². The fraction of sp³-hybridized carbons (Fsp3) is 0.417. The summed E-state index contributed by atoms with van der Waals surface area (Å²) in [7, 11) is -3.42. The predicted octanol–water partition coefficient (Wildman–Crippen LogP) is 1.69. The quantitative estimate of drug-likeness (QED) is 0.866. The number of benzene rings is 1. The Hall–Kier alpha value is -1.38. The van der Waals surface area contributed by atoms with Gasteiger partial charge in [-0.3, -0.25) is 0 Å². The molecule has 0 atom stereocenters. The summed E-state index contributed by atoms with van der Waals surface area (Å²) in [4.78, 5) is 0.236. The average Bonchev–Trinajstić information content (AvgIpc) is 2.28. The standard InChI is InChI=1S/C12H16N2O2S/c1-10(2)9-14-17(15,16)12-5-3-11(4-6-12)7-8-13/h3-6,10,14H,7,9H2,1-2H3. The zero-order valence-corrected chi connectivity index (χ0v) is 10.8.